The van der Waals surface area contributed by atoms with Gasteiger partial charge in [-0.25, -0.2) is 0 Å². The molecule has 2 nitrogen and oxygen atoms in total. The summed E-state index contributed by atoms with van der Waals surface area (Å²) in [6.45, 7) is 12.8. The normalized spacial score (nSPS) is 35.5. The molecule has 0 bridgehead atoms. The van der Waals surface area contributed by atoms with Gasteiger partial charge in [-0.05, 0) is 60.5 Å². The Morgan fingerprint density at radius 1 is 0.708 bits per heavy atom. The molecule has 0 unspecified atom stereocenters. The van der Waals surface area contributed by atoms with E-state index < -0.39 is 0 Å². The molecule has 0 radical (unpaired) electrons. The first-order valence-corrected chi connectivity index (χ1v) is 9.74. The van der Waals surface area contributed by atoms with Crippen LogP contribution in [0.3, 0.4) is 0 Å². The molecule has 2 fully saturated rings. The number of hydrogen-bond donors (Lipinski definition) is 0. The molecule has 0 spiro atoms. The lowest BCUT2D eigenvalue weighted by atomic mass is 9.72. The molecular weight excluding hydrogens is 296 g/mol. The summed E-state index contributed by atoms with van der Waals surface area (Å²) in [6, 6.07) is 0. The topological polar surface area (TPSA) is 34.1 Å². The minimum atomic E-state index is 0.147. The first kappa shape index (κ1) is 19.1. The highest BCUT2D eigenvalue weighted by Crippen LogP contribution is 2.36. The Hall–Kier alpha value is -1.18. The van der Waals surface area contributed by atoms with Crippen molar-refractivity contribution in [1.29, 1.82) is 0 Å². The number of carbonyl (C=O) groups excluding carboxylic acids is 2. The van der Waals surface area contributed by atoms with Crippen LogP contribution in [0.1, 0.15) is 67.2 Å². The second-order valence-electron chi connectivity index (χ2n) is 8.63. The molecule has 0 heterocycles. The van der Waals surface area contributed by atoms with Crippen LogP contribution in [0.2, 0.25) is 0 Å². The fraction of sp³-hybridized carbons (Fsp3) is 0.727. The van der Waals surface area contributed by atoms with E-state index in [1.807, 2.05) is 12.2 Å². The zero-order valence-corrected chi connectivity index (χ0v) is 16.3. The molecule has 0 aromatic rings. The van der Waals surface area contributed by atoms with Gasteiger partial charge in [0, 0.05) is 11.8 Å². The van der Waals surface area contributed by atoms with Crippen molar-refractivity contribution in [2.24, 2.45) is 35.5 Å². The smallest absolute Gasteiger partial charge is 0.162 e. The van der Waals surface area contributed by atoms with E-state index in [4.69, 9.17) is 0 Å². The third-order valence-electron chi connectivity index (χ3n) is 6.18. The van der Waals surface area contributed by atoms with Crippen LogP contribution >= 0.6 is 0 Å². The number of rotatable bonds is 3. The van der Waals surface area contributed by atoms with Crippen LogP contribution in [0.4, 0.5) is 0 Å². The molecule has 2 aliphatic rings. The molecule has 0 aromatic heterocycles. The van der Waals surface area contributed by atoms with E-state index in [9.17, 15) is 9.59 Å². The Morgan fingerprint density at radius 2 is 1.04 bits per heavy atom. The molecule has 2 rings (SSSR count). The van der Waals surface area contributed by atoms with Crippen molar-refractivity contribution in [2.75, 3.05) is 0 Å². The van der Waals surface area contributed by atoms with E-state index in [0.29, 0.717) is 35.2 Å². The summed E-state index contributed by atoms with van der Waals surface area (Å²) in [5, 5.41) is 0. The molecule has 0 aromatic carbocycles. The van der Waals surface area contributed by atoms with Gasteiger partial charge in [-0.1, -0.05) is 53.7 Å². The molecule has 2 aliphatic carbocycles. The van der Waals surface area contributed by atoms with Crippen LogP contribution < -0.4 is 0 Å². The third-order valence-corrected chi connectivity index (χ3v) is 6.18. The van der Waals surface area contributed by atoms with E-state index in [-0.39, 0.29) is 11.8 Å². The van der Waals surface area contributed by atoms with Gasteiger partial charge in [-0.2, -0.15) is 0 Å². The van der Waals surface area contributed by atoms with Gasteiger partial charge in [0.15, 0.2) is 11.6 Å². The maximum Gasteiger partial charge on any atom is 0.162 e. The van der Waals surface area contributed by atoms with Crippen molar-refractivity contribution < 1.29 is 9.59 Å². The minimum Gasteiger partial charge on any atom is -0.294 e. The first-order chi connectivity index (χ1) is 11.2. The zero-order valence-electron chi connectivity index (χ0n) is 16.3. The fourth-order valence-corrected chi connectivity index (χ4v) is 4.29. The van der Waals surface area contributed by atoms with Crippen LogP contribution in [-0.4, -0.2) is 11.6 Å². The van der Waals surface area contributed by atoms with Crippen LogP contribution in [0.15, 0.2) is 23.3 Å². The van der Waals surface area contributed by atoms with Crippen molar-refractivity contribution in [3.05, 3.63) is 23.3 Å². The summed E-state index contributed by atoms with van der Waals surface area (Å²) >= 11 is 0. The standard InChI is InChI=1S/C22H34O2/c1-13(2)17-9-7-15(5)19(21(17)23)11-12-20-16(6)8-10-18(14(3)4)22(20)24/h11-18H,7-10H2,1-6H3/b19-11+,20-12+/t15-,16+,17-,18+. The number of carbonyl (C=O) groups is 2. The van der Waals surface area contributed by atoms with Gasteiger partial charge < -0.3 is 0 Å². The highest BCUT2D eigenvalue weighted by molar-refractivity contribution is 6.01. The van der Waals surface area contributed by atoms with Crippen LogP contribution in [0, 0.1) is 35.5 Å². The van der Waals surface area contributed by atoms with Crippen LogP contribution in [0.5, 0.6) is 0 Å². The second-order valence-corrected chi connectivity index (χ2v) is 8.63. The van der Waals surface area contributed by atoms with E-state index >= 15 is 0 Å². The highest BCUT2D eigenvalue weighted by atomic mass is 16.1. The lowest BCUT2D eigenvalue weighted by Crippen LogP contribution is -2.31. The lowest BCUT2D eigenvalue weighted by molar-refractivity contribution is -0.123. The Kier molecular flexibility index (Phi) is 6.22. The van der Waals surface area contributed by atoms with E-state index in [0.717, 1.165) is 36.8 Å². The van der Waals surface area contributed by atoms with Crippen LogP contribution in [-0.2, 0) is 9.59 Å². The van der Waals surface area contributed by atoms with E-state index in [1.165, 1.54) is 0 Å². The Morgan fingerprint density at radius 3 is 1.33 bits per heavy atom. The predicted octanol–water partition coefficient (Wildman–Crippen LogP) is 5.38. The quantitative estimate of drug-likeness (QED) is 0.651. The summed E-state index contributed by atoms with van der Waals surface area (Å²) < 4.78 is 0. The maximum atomic E-state index is 12.8. The number of hydrogen-bond acceptors (Lipinski definition) is 2. The number of Topliss-reactive ketones (excluding diaryl/α,β-unsaturated/α-hetero) is 2. The minimum absolute atomic E-state index is 0.147. The Balaban J connectivity index is 2.29. The molecule has 4 atom stereocenters. The average molecular weight is 331 g/mol. The molecule has 0 aliphatic heterocycles. The van der Waals surface area contributed by atoms with Gasteiger partial charge >= 0.3 is 0 Å². The maximum absolute atomic E-state index is 12.8. The molecule has 0 saturated heterocycles. The van der Waals surface area contributed by atoms with Crippen molar-refractivity contribution in [3.8, 4) is 0 Å². The summed E-state index contributed by atoms with van der Waals surface area (Å²) in [5.41, 5.74) is 1.86. The monoisotopic (exact) mass is 330 g/mol. The molecular formula is C22H34O2. The SMILES string of the molecule is CC(C)[C@@H]1CC[C@H](C)/C(=C\C=C2\C(=O)[C@@H](C(C)C)CC[C@H]2C)C1=O. The van der Waals surface area contributed by atoms with E-state index in [2.05, 4.69) is 41.5 Å². The van der Waals surface area contributed by atoms with Gasteiger partial charge in [0.05, 0.1) is 0 Å². The van der Waals surface area contributed by atoms with Gasteiger partial charge in [0.25, 0.3) is 0 Å². The molecule has 0 N–H and O–H groups in total. The molecule has 0 amide bonds. The zero-order chi connectivity index (χ0) is 18.0. The second kappa shape index (κ2) is 7.80. The fourth-order valence-electron chi connectivity index (χ4n) is 4.29. The van der Waals surface area contributed by atoms with Gasteiger partial charge in [0.1, 0.15) is 0 Å². The van der Waals surface area contributed by atoms with Crippen molar-refractivity contribution in [2.45, 2.75) is 67.2 Å². The highest BCUT2D eigenvalue weighted by Gasteiger charge is 2.34. The number of ketones is 2. The summed E-state index contributed by atoms with van der Waals surface area (Å²) in [7, 11) is 0. The third kappa shape index (κ3) is 3.90. The molecule has 134 valence electrons. The Labute approximate surface area is 147 Å². The van der Waals surface area contributed by atoms with Crippen molar-refractivity contribution in [1.82, 2.24) is 0 Å². The molecule has 2 saturated carbocycles. The molecule has 2 heteroatoms. The summed E-state index contributed by atoms with van der Waals surface area (Å²) in [5.74, 6) is 2.29. The van der Waals surface area contributed by atoms with Crippen LogP contribution in [0.25, 0.3) is 0 Å². The van der Waals surface area contributed by atoms with Crippen molar-refractivity contribution in [3.63, 3.8) is 0 Å². The predicted molar refractivity (Wildman–Crippen MR) is 99.6 cm³/mol. The Bertz CT molecular complexity index is 500. The lowest BCUT2D eigenvalue weighted by Gasteiger charge is -2.31. The average Bonchev–Trinajstić information content (AvgIpc) is 2.48. The van der Waals surface area contributed by atoms with Gasteiger partial charge in [-0.3, -0.25) is 9.59 Å². The van der Waals surface area contributed by atoms with Gasteiger partial charge in [0.2, 0.25) is 0 Å². The number of allylic oxidation sites excluding steroid dienone is 4. The van der Waals surface area contributed by atoms with E-state index in [1.54, 1.807) is 0 Å². The first-order valence-electron chi connectivity index (χ1n) is 9.74. The van der Waals surface area contributed by atoms with Crippen molar-refractivity contribution >= 4 is 11.6 Å². The summed E-state index contributed by atoms with van der Waals surface area (Å²) in [4.78, 5) is 25.6. The largest absolute Gasteiger partial charge is 0.294 e. The molecule has 24 heavy (non-hydrogen) atoms. The van der Waals surface area contributed by atoms with Gasteiger partial charge in [-0.15, -0.1) is 0 Å². The summed E-state index contributed by atoms with van der Waals surface area (Å²) in [6.07, 6.45) is 8.10.